The molecule has 0 N–H and O–H groups in total. The van der Waals surface area contributed by atoms with Gasteiger partial charge in [0.15, 0.2) is 0 Å². The Balaban J connectivity index is 1.43. The van der Waals surface area contributed by atoms with Gasteiger partial charge in [0.1, 0.15) is 10.6 Å². The quantitative estimate of drug-likeness (QED) is 0.827. The van der Waals surface area contributed by atoms with E-state index in [9.17, 15) is 4.79 Å². The van der Waals surface area contributed by atoms with Crippen molar-refractivity contribution in [2.45, 2.75) is 18.4 Å². The Morgan fingerprint density at radius 2 is 2.00 bits per heavy atom. The molecule has 4 nitrogen and oxygen atoms in total. The van der Waals surface area contributed by atoms with Crippen molar-refractivity contribution in [3.05, 3.63) is 29.6 Å². The largest absolute Gasteiger partial charge is 0.439 e. The van der Waals surface area contributed by atoms with Gasteiger partial charge < -0.3 is 4.74 Å². The molecule has 4 aliphatic rings. The van der Waals surface area contributed by atoms with Gasteiger partial charge in [-0.15, -0.1) is 22.7 Å². The van der Waals surface area contributed by atoms with Crippen LogP contribution < -0.4 is 4.90 Å². The minimum Gasteiger partial charge on any atom is -0.439 e. The van der Waals surface area contributed by atoms with Crippen LogP contribution in [0.4, 0.5) is 9.80 Å². The summed E-state index contributed by atoms with van der Waals surface area (Å²) in [6.45, 7) is 3.93. The maximum atomic E-state index is 12.5. The average Bonchev–Trinajstić information content (AvgIpc) is 3.28. The SMILES string of the molecule is O=C1O[C@]2(CN3CCC2CC3)CN1c1ccc(-c2cccs2)s1. The van der Waals surface area contributed by atoms with Gasteiger partial charge in [0.25, 0.3) is 0 Å². The van der Waals surface area contributed by atoms with E-state index in [0.717, 1.165) is 37.5 Å². The van der Waals surface area contributed by atoms with Crippen LogP contribution in [0.2, 0.25) is 0 Å². The van der Waals surface area contributed by atoms with Crippen molar-refractivity contribution in [2.24, 2.45) is 5.92 Å². The molecule has 2 aromatic rings. The lowest BCUT2D eigenvalue weighted by atomic mass is 9.75. The zero-order valence-electron chi connectivity index (χ0n) is 12.7. The minimum atomic E-state index is -0.277. The summed E-state index contributed by atoms with van der Waals surface area (Å²) in [6, 6.07) is 8.35. The van der Waals surface area contributed by atoms with E-state index < -0.39 is 0 Å². The summed E-state index contributed by atoms with van der Waals surface area (Å²) in [7, 11) is 0. The lowest BCUT2D eigenvalue weighted by molar-refractivity contribution is -0.0881. The van der Waals surface area contributed by atoms with Crippen LogP contribution in [-0.4, -0.2) is 42.8 Å². The highest BCUT2D eigenvalue weighted by atomic mass is 32.1. The third-order valence-electron chi connectivity index (χ3n) is 5.38. The van der Waals surface area contributed by atoms with Crippen molar-refractivity contribution >= 4 is 33.8 Å². The van der Waals surface area contributed by atoms with Crippen molar-refractivity contribution < 1.29 is 9.53 Å². The molecule has 4 aliphatic heterocycles. The second-order valence-electron chi connectivity index (χ2n) is 6.68. The predicted octanol–water partition coefficient (Wildman–Crippen LogP) is 3.90. The molecule has 23 heavy (non-hydrogen) atoms. The number of hydrogen-bond acceptors (Lipinski definition) is 5. The van der Waals surface area contributed by atoms with E-state index in [2.05, 4.69) is 34.5 Å². The molecular formula is C17H18N2O2S2. The van der Waals surface area contributed by atoms with Crippen LogP contribution in [0.1, 0.15) is 12.8 Å². The molecule has 0 aliphatic carbocycles. The number of fused-ring (bicyclic) bond motifs is 2. The van der Waals surface area contributed by atoms with E-state index in [1.54, 1.807) is 22.7 Å². The Labute approximate surface area is 143 Å². The third kappa shape index (κ3) is 2.16. The van der Waals surface area contributed by atoms with E-state index in [1.807, 2.05) is 4.90 Å². The van der Waals surface area contributed by atoms with Gasteiger partial charge in [0, 0.05) is 22.2 Å². The number of amides is 1. The number of anilines is 1. The van der Waals surface area contributed by atoms with Crippen molar-refractivity contribution in [3.63, 3.8) is 0 Å². The summed E-state index contributed by atoms with van der Waals surface area (Å²) >= 11 is 3.41. The minimum absolute atomic E-state index is 0.168. The summed E-state index contributed by atoms with van der Waals surface area (Å²) in [6.07, 6.45) is 2.15. The van der Waals surface area contributed by atoms with Gasteiger partial charge >= 0.3 is 6.09 Å². The van der Waals surface area contributed by atoms with Crippen LogP contribution in [0.5, 0.6) is 0 Å². The lowest BCUT2D eigenvalue weighted by Gasteiger charge is -2.49. The van der Waals surface area contributed by atoms with Gasteiger partial charge in [-0.1, -0.05) is 6.07 Å². The van der Waals surface area contributed by atoms with E-state index in [4.69, 9.17) is 4.74 Å². The normalized spacial score (nSPS) is 32.7. The first-order valence-corrected chi connectivity index (χ1v) is 9.80. The number of thiophene rings is 2. The van der Waals surface area contributed by atoms with Gasteiger partial charge in [-0.05, 0) is 49.5 Å². The van der Waals surface area contributed by atoms with E-state index in [0.29, 0.717) is 12.5 Å². The molecule has 1 spiro atoms. The summed E-state index contributed by atoms with van der Waals surface area (Å²) in [5.41, 5.74) is -0.277. The molecule has 1 amide bonds. The highest BCUT2D eigenvalue weighted by Gasteiger charge is 2.55. The second kappa shape index (κ2) is 5.06. The second-order valence-corrected chi connectivity index (χ2v) is 8.69. The van der Waals surface area contributed by atoms with Gasteiger partial charge in [0.05, 0.1) is 6.54 Å². The molecule has 2 aromatic heterocycles. The molecule has 0 radical (unpaired) electrons. The molecule has 0 unspecified atom stereocenters. The van der Waals surface area contributed by atoms with E-state index >= 15 is 0 Å². The molecule has 0 saturated carbocycles. The Bertz CT molecular complexity index is 734. The summed E-state index contributed by atoms with van der Waals surface area (Å²) < 4.78 is 5.95. The molecule has 6 heteroatoms. The third-order valence-corrected chi connectivity index (χ3v) is 7.56. The fourth-order valence-corrected chi connectivity index (χ4v) is 6.03. The van der Waals surface area contributed by atoms with Crippen molar-refractivity contribution in [1.29, 1.82) is 0 Å². The van der Waals surface area contributed by atoms with Gasteiger partial charge in [-0.2, -0.15) is 0 Å². The summed E-state index contributed by atoms with van der Waals surface area (Å²) in [4.78, 5) is 19.3. The molecule has 1 atom stereocenters. The standard InChI is InChI=1S/C17H18N2O2S2/c20-16-19(15-4-3-14(23-15)13-2-1-9-22-13)11-17(21-16)10-18-7-5-12(17)6-8-18/h1-4,9,12H,5-8,10-11H2/t17-/m1/s1. The molecular weight excluding hydrogens is 328 g/mol. The van der Waals surface area contributed by atoms with E-state index in [-0.39, 0.29) is 11.7 Å². The van der Waals surface area contributed by atoms with E-state index in [1.165, 1.54) is 9.75 Å². The predicted molar refractivity (Wildman–Crippen MR) is 93.4 cm³/mol. The lowest BCUT2D eigenvalue weighted by Crippen LogP contribution is -2.61. The van der Waals surface area contributed by atoms with Gasteiger partial charge in [-0.25, -0.2) is 4.79 Å². The molecule has 6 heterocycles. The van der Waals surface area contributed by atoms with Crippen LogP contribution in [0, 0.1) is 5.92 Å². The molecule has 6 rings (SSSR count). The maximum Gasteiger partial charge on any atom is 0.415 e. The summed E-state index contributed by atoms with van der Waals surface area (Å²) in [5.74, 6) is 0.526. The first-order chi connectivity index (χ1) is 11.2. The molecule has 2 bridgehead atoms. The highest BCUT2D eigenvalue weighted by Crippen LogP contribution is 2.45. The number of hydrogen-bond donors (Lipinski definition) is 0. The number of piperidine rings is 3. The summed E-state index contributed by atoms with van der Waals surface area (Å²) in [5, 5.41) is 3.09. The molecule has 4 saturated heterocycles. The van der Waals surface area contributed by atoms with Crippen LogP contribution in [0.25, 0.3) is 9.75 Å². The number of carbonyl (C=O) groups excluding carboxylic acids is 1. The Morgan fingerprint density at radius 1 is 1.13 bits per heavy atom. The van der Waals surface area contributed by atoms with Crippen LogP contribution in [0.15, 0.2) is 29.6 Å². The number of rotatable bonds is 2. The first-order valence-electron chi connectivity index (χ1n) is 8.10. The fourth-order valence-electron chi connectivity index (χ4n) is 4.20. The Hall–Kier alpha value is -1.37. The number of ether oxygens (including phenoxy) is 1. The zero-order valence-corrected chi connectivity index (χ0v) is 14.4. The highest BCUT2D eigenvalue weighted by molar-refractivity contribution is 7.23. The fraction of sp³-hybridized carbons (Fsp3) is 0.471. The van der Waals surface area contributed by atoms with Crippen LogP contribution in [0.3, 0.4) is 0 Å². The molecule has 120 valence electrons. The molecule has 0 aromatic carbocycles. The monoisotopic (exact) mass is 346 g/mol. The topological polar surface area (TPSA) is 32.8 Å². The molecule has 4 fully saturated rings. The van der Waals surface area contributed by atoms with Gasteiger partial charge in [0.2, 0.25) is 0 Å². The van der Waals surface area contributed by atoms with Crippen LogP contribution >= 0.6 is 22.7 Å². The zero-order chi connectivity index (χ0) is 15.4. The maximum absolute atomic E-state index is 12.5. The van der Waals surface area contributed by atoms with Crippen molar-refractivity contribution in [3.8, 4) is 9.75 Å². The Kier molecular flexibility index (Phi) is 3.08. The van der Waals surface area contributed by atoms with Gasteiger partial charge in [-0.3, -0.25) is 9.80 Å². The Morgan fingerprint density at radius 3 is 2.70 bits per heavy atom. The number of carbonyl (C=O) groups is 1. The average molecular weight is 346 g/mol. The van der Waals surface area contributed by atoms with Crippen molar-refractivity contribution in [2.75, 3.05) is 31.1 Å². The smallest absolute Gasteiger partial charge is 0.415 e. The first kappa shape index (κ1) is 14.0. The van der Waals surface area contributed by atoms with Crippen LogP contribution in [-0.2, 0) is 4.74 Å². The van der Waals surface area contributed by atoms with Crippen molar-refractivity contribution in [1.82, 2.24) is 4.90 Å². The number of nitrogens with zero attached hydrogens (tertiary/aromatic N) is 2.